The van der Waals surface area contributed by atoms with Crippen molar-refractivity contribution in [1.82, 2.24) is 19.9 Å². The summed E-state index contributed by atoms with van der Waals surface area (Å²) in [6, 6.07) is 9.26. The molecular formula is C22H22FN5O. The van der Waals surface area contributed by atoms with Gasteiger partial charge in [0.05, 0.1) is 29.7 Å². The molecule has 4 aromatic rings. The van der Waals surface area contributed by atoms with Gasteiger partial charge in [-0.3, -0.25) is 0 Å². The van der Waals surface area contributed by atoms with Crippen LogP contribution in [0.3, 0.4) is 0 Å². The average molecular weight is 391 g/mol. The van der Waals surface area contributed by atoms with Gasteiger partial charge in [0, 0.05) is 17.4 Å². The third-order valence-corrected chi connectivity index (χ3v) is 5.42. The number of imidazole rings is 1. The molecular weight excluding hydrogens is 369 g/mol. The van der Waals surface area contributed by atoms with Gasteiger partial charge in [0.25, 0.3) is 0 Å². The van der Waals surface area contributed by atoms with Crippen LogP contribution in [0.5, 0.6) is 5.75 Å². The number of halogens is 1. The quantitative estimate of drug-likeness (QED) is 0.500. The Labute approximate surface area is 167 Å². The van der Waals surface area contributed by atoms with Crippen molar-refractivity contribution < 1.29 is 9.13 Å². The number of nitrogens with one attached hydrogen (secondary N) is 2. The van der Waals surface area contributed by atoms with Crippen LogP contribution >= 0.6 is 0 Å². The van der Waals surface area contributed by atoms with E-state index in [-0.39, 0.29) is 11.8 Å². The van der Waals surface area contributed by atoms with Gasteiger partial charge in [0.1, 0.15) is 17.5 Å². The van der Waals surface area contributed by atoms with Crippen molar-refractivity contribution in [3.8, 4) is 5.75 Å². The van der Waals surface area contributed by atoms with Crippen molar-refractivity contribution in [2.45, 2.75) is 38.6 Å². The molecule has 0 spiro atoms. The lowest BCUT2D eigenvalue weighted by Crippen LogP contribution is -2.10. The first-order chi connectivity index (χ1) is 14.0. The highest BCUT2D eigenvalue weighted by molar-refractivity contribution is 5.90. The number of ether oxygens (including phenoxy) is 1. The van der Waals surface area contributed by atoms with Gasteiger partial charge in [0.2, 0.25) is 0 Å². The molecule has 148 valence electrons. The Kier molecular flexibility index (Phi) is 4.12. The first kappa shape index (κ1) is 17.8. The molecule has 7 heteroatoms. The topological polar surface area (TPSA) is 75.7 Å². The van der Waals surface area contributed by atoms with Crippen LogP contribution in [0.4, 0.5) is 10.2 Å². The van der Waals surface area contributed by atoms with Crippen LogP contribution in [-0.4, -0.2) is 27.0 Å². The van der Waals surface area contributed by atoms with Crippen molar-refractivity contribution in [1.29, 1.82) is 0 Å². The molecule has 0 radical (unpaired) electrons. The third kappa shape index (κ3) is 3.26. The van der Waals surface area contributed by atoms with Gasteiger partial charge in [-0.15, -0.1) is 0 Å². The highest BCUT2D eigenvalue weighted by Crippen LogP contribution is 2.39. The highest BCUT2D eigenvalue weighted by atomic mass is 19.1. The van der Waals surface area contributed by atoms with E-state index in [0.717, 1.165) is 27.8 Å². The summed E-state index contributed by atoms with van der Waals surface area (Å²) in [5, 5.41) is 4.18. The number of rotatable bonds is 5. The second-order valence-corrected chi connectivity index (χ2v) is 7.66. The SMILES string of the molecule is COc1cc2c(NC(C)c3ccc4nc(C5CC5)[nH]c4c3)nc(C)nc2cc1F. The van der Waals surface area contributed by atoms with Gasteiger partial charge in [-0.25, -0.2) is 19.3 Å². The number of aromatic nitrogens is 4. The summed E-state index contributed by atoms with van der Waals surface area (Å²) in [7, 11) is 1.45. The van der Waals surface area contributed by atoms with Gasteiger partial charge in [-0.2, -0.15) is 0 Å². The minimum atomic E-state index is -0.437. The standard InChI is InChI=1S/C22H22FN5O/c1-11(14-6-7-17-19(8-14)28-21(27-17)13-4-5-13)24-22-15-9-20(29-3)16(23)10-18(15)25-12(2)26-22/h6-11,13H,4-5H2,1-3H3,(H,27,28)(H,24,25,26). The molecule has 2 heterocycles. The van der Waals surface area contributed by atoms with E-state index in [1.165, 1.54) is 26.0 Å². The van der Waals surface area contributed by atoms with E-state index in [0.29, 0.717) is 23.1 Å². The number of hydrogen-bond acceptors (Lipinski definition) is 5. The van der Waals surface area contributed by atoms with Gasteiger partial charge in [0.15, 0.2) is 11.6 Å². The predicted octanol–water partition coefficient (Wildman–Crippen LogP) is 5.01. The van der Waals surface area contributed by atoms with Crippen LogP contribution in [0, 0.1) is 12.7 Å². The molecule has 2 aromatic heterocycles. The lowest BCUT2D eigenvalue weighted by molar-refractivity contribution is 0.387. The smallest absolute Gasteiger partial charge is 0.167 e. The van der Waals surface area contributed by atoms with E-state index in [2.05, 4.69) is 39.3 Å². The van der Waals surface area contributed by atoms with Crippen molar-refractivity contribution in [3.63, 3.8) is 0 Å². The largest absolute Gasteiger partial charge is 0.494 e. The minimum absolute atomic E-state index is 0.0133. The Bertz CT molecular complexity index is 1230. The Hall–Kier alpha value is -3.22. The number of anilines is 1. The monoisotopic (exact) mass is 391 g/mol. The molecule has 29 heavy (non-hydrogen) atoms. The Morgan fingerprint density at radius 2 is 1.97 bits per heavy atom. The van der Waals surface area contributed by atoms with Crippen molar-refractivity contribution in [2.75, 3.05) is 12.4 Å². The zero-order valence-corrected chi connectivity index (χ0v) is 16.6. The zero-order valence-electron chi connectivity index (χ0n) is 16.6. The molecule has 1 saturated carbocycles. The summed E-state index contributed by atoms with van der Waals surface area (Å²) in [5.74, 6) is 2.65. The molecule has 1 atom stereocenters. The molecule has 2 N–H and O–H groups in total. The highest BCUT2D eigenvalue weighted by Gasteiger charge is 2.26. The van der Waals surface area contributed by atoms with E-state index < -0.39 is 5.82 Å². The molecule has 1 aliphatic rings. The lowest BCUT2D eigenvalue weighted by Gasteiger charge is -2.17. The van der Waals surface area contributed by atoms with Crippen LogP contribution in [-0.2, 0) is 0 Å². The van der Waals surface area contributed by atoms with Gasteiger partial charge in [-0.05, 0) is 50.5 Å². The molecule has 5 rings (SSSR count). The number of nitrogens with zero attached hydrogens (tertiary/aromatic N) is 3. The van der Waals surface area contributed by atoms with E-state index >= 15 is 0 Å². The number of fused-ring (bicyclic) bond motifs is 2. The van der Waals surface area contributed by atoms with E-state index in [9.17, 15) is 4.39 Å². The summed E-state index contributed by atoms with van der Waals surface area (Å²) in [6.45, 7) is 3.87. The predicted molar refractivity (Wildman–Crippen MR) is 111 cm³/mol. The number of methoxy groups -OCH3 is 1. The molecule has 1 aliphatic carbocycles. The van der Waals surface area contributed by atoms with Crippen molar-refractivity contribution in [2.24, 2.45) is 0 Å². The zero-order chi connectivity index (χ0) is 20.1. The number of aromatic amines is 1. The fourth-order valence-corrected chi connectivity index (χ4v) is 3.67. The second kappa shape index (κ2) is 6.69. The molecule has 1 unspecified atom stereocenters. The first-order valence-electron chi connectivity index (χ1n) is 9.80. The maximum absolute atomic E-state index is 14.1. The number of hydrogen-bond donors (Lipinski definition) is 2. The number of H-pyrrole nitrogens is 1. The molecule has 0 bridgehead atoms. The van der Waals surface area contributed by atoms with Gasteiger partial charge in [-0.1, -0.05) is 6.07 Å². The number of aryl methyl sites for hydroxylation is 1. The van der Waals surface area contributed by atoms with E-state index in [1.54, 1.807) is 13.0 Å². The molecule has 0 saturated heterocycles. The van der Waals surface area contributed by atoms with Gasteiger partial charge < -0.3 is 15.0 Å². The maximum atomic E-state index is 14.1. The second-order valence-electron chi connectivity index (χ2n) is 7.66. The first-order valence-corrected chi connectivity index (χ1v) is 9.80. The van der Waals surface area contributed by atoms with Crippen LogP contribution in [0.25, 0.3) is 21.9 Å². The average Bonchev–Trinajstić information content (AvgIpc) is 3.46. The summed E-state index contributed by atoms with van der Waals surface area (Å²) in [4.78, 5) is 17.1. The lowest BCUT2D eigenvalue weighted by atomic mass is 10.1. The summed E-state index contributed by atoms with van der Waals surface area (Å²) in [5.41, 5.74) is 3.70. The molecule has 0 aliphatic heterocycles. The molecule has 0 amide bonds. The van der Waals surface area contributed by atoms with Crippen LogP contribution in [0.1, 0.15) is 48.9 Å². The van der Waals surface area contributed by atoms with E-state index in [1.807, 2.05) is 6.07 Å². The summed E-state index contributed by atoms with van der Waals surface area (Å²) in [6.07, 6.45) is 2.43. The Morgan fingerprint density at radius 3 is 2.72 bits per heavy atom. The molecule has 6 nitrogen and oxygen atoms in total. The molecule has 2 aromatic carbocycles. The van der Waals surface area contributed by atoms with Crippen molar-refractivity contribution in [3.05, 3.63) is 53.4 Å². The van der Waals surface area contributed by atoms with E-state index in [4.69, 9.17) is 9.72 Å². The minimum Gasteiger partial charge on any atom is -0.494 e. The normalized spacial score (nSPS) is 15.0. The van der Waals surface area contributed by atoms with Crippen LogP contribution in [0.15, 0.2) is 30.3 Å². The fourth-order valence-electron chi connectivity index (χ4n) is 3.67. The van der Waals surface area contributed by atoms with Crippen molar-refractivity contribution >= 4 is 27.8 Å². The molecule has 1 fully saturated rings. The summed E-state index contributed by atoms with van der Waals surface area (Å²) < 4.78 is 19.2. The van der Waals surface area contributed by atoms with Crippen LogP contribution in [0.2, 0.25) is 0 Å². The number of benzene rings is 2. The maximum Gasteiger partial charge on any atom is 0.167 e. The third-order valence-electron chi connectivity index (χ3n) is 5.42. The summed E-state index contributed by atoms with van der Waals surface area (Å²) >= 11 is 0. The fraction of sp³-hybridized carbons (Fsp3) is 0.318. The Balaban J connectivity index is 1.50. The Morgan fingerprint density at radius 1 is 1.14 bits per heavy atom. The van der Waals surface area contributed by atoms with Crippen LogP contribution < -0.4 is 10.1 Å². The van der Waals surface area contributed by atoms with Gasteiger partial charge >= 0.3 is 0 Å².